The van der Waals surface area contributed by atoms with Gasteiger partial charge in [-0.05, 0) is 45.5 Å². The lowest BCUT2D eigenvalue weighted by Gasteiger charge is -2.08. The van der Waals surface area contributed by atoms with Gasteiger partial charge in [0, 0.05) is 6.92 Å². The van der Waals surface area contributed by atoms with E-state index >= 15 is 0 Å². The number of nitrogens with zero attached hydrogens (tertiary/aromatic N) is 6. The summed E-state index contributed by atoms with van der Waals surface area (Å²) in [7, 11) is 1.44. The molecule has 0 aliphatic rings. The Balaban J connectivity index is 1.57. The number of benzene rings is 1. The Labute approximate surface area is 189 Å². The number of rotatable bonds is 7. The van der Waals surface area contributed by atoms with Crippen molar-refractivity contribution in [3.63, 3.8) is 0 Å². The second-order valence-corrected chi connectivity index (χ2v) is 7.30. The number of esters is 1. The Morgan fingerprint density at radius 1 is 1.27 bits per heavy atom. The summed E-state index contributed by atoms with van der Waals surface area (Å²) in [6.07, 6.45) is 1.40. The summed E-state index contributed by atoms with van der Waals surface area (Å²) in [4.78, 5) is 24.7. The molecule has 0 aliphatic carbocycles. The van der Waals surface area contributed by atoms with Crippen LogP contribution in [0.1, 0.15) is 23.0 Å². The second kappa shape index (κ2) is 9.27. The first-order valence-electron chi connectivity index (χ1n) is 9.25. The number of hydrogen-bond donors (Lipinski definition) is 2. The molecule has 3 N–H and O–H groups in total. The third-order valence-corrected chi connectivity index (χ3v) is 5.03. The SMILES string of the molecule is COc1cc(/C=N\NC(=O)c2nnn(-c3nonc3N)c2-c2cccs2)ccc1OC(C)=O. The summed E-state index contributed by atoms with van der Waals surface area (Å²) in [6.45, 7) is 1.29. The smallest absolute Gasteiger partial charge is 0.308 e. The lowest BCUT2D eigenvalue weighted by atomic mass is 10.2. The highest BCUT2D eigenvalue weighted by Crippen LogP contribution is 2.30. The van der Waals surface area contributed by atoms with Crippen LogP contribution in [0.5, 0.6) is 11.5 Å². The topological polar surface area (TPSA) is 173 Å². The van der Waals surface area contributed by atoms with Crippen molar-refractivity contribution in [1.29, 1.82) is 0 Å². The fourth-order valence-corrected chi connectivity index (χ4v) is 3.53. The average Bonchev–Trinajstić information content (AvgIpc) is 3.54. The standard InChI is InChI=1S/C19H16N8O5S/c1-10(28)31-12-6-5-11(8-13(12)30-2)9-21-23-19(29)15-16(14-4-3-7-33-14)27(26-22-15)18-17(20)24-32-25-18/h3-9H,1-2H3,(H2,20,24)(H,23,29)/b21-9-. The molecule has 0 atom stereocenters. The summed E-state index contributed by atoms with van der Waals surface area (Å²) in [5.74, 6) is -0.381. The van der Waals surface area contributed by atoms with Crippen LogP contribution < -0.4 is 20.6 Å². The maximum absolute atomic E-state index is 12.8. The number of aromatic nitrogens is 5. The average molecular weight is 468 g/mol. The van der Waals surface area contributed by atoms with E-state index < -0.39 is 11.9 Å². The number of carbonyl (C=O) groups excluding carboxylic acids is 2. The summed E-state index contributed by atoms with van der Waals surface area (Å²) >= 11 is 1.37. The van der Waals surface area contributed by atoms with E-state index in [4.69, 9.17) is 15.2 Å². The van der Waals surface area contributed by atoms with Gasteiger partial charge in [-0.2, -0.15) is 9.78 Å². The molecule has 0 bridgehead atoms. The lowest BCUT2D eigenvalue weighted by molar-refractivity contribution is -0.132. The molecular formula is C19H16N8O5S. The van der Waals surface area contributed by atoms with Crippen LogP contribution in [0.3, 0.4) is 0 Å². The number of anilines is 1. The highest BCUT2D eigenvalue weighted by atomic mass is 32.1. The zero-order valence-electron chi connectivity index (χ0n) is 17.3. The van der Waals surface area contributed by atoms with E-state index in [9.17, 15) is 9.59 Å². The number of nitrogens with two attached hydrogens (primary N) is 1. The van der Waals surface area contributed by atoms with Crippen LogP contribution in [0.2, 0.25) is 0 Å². The van der Waals surface area contributed by atoms with Gasteiger partial charge < -0.3 is 15.2 Å². The van der Waals surface area contributed by atoms with Gasteiger partial charge in [-0.3, -0.25) is 9.59 Å². The Morgan fingerprint density at radius 2 is 2.12 bits per heavy atom. The number of amides is 1. The molecule has 14 heteroatoms. The number of hydrogen-bond acceptors (Lipinski definition) is 12. The van der Waals surface area contributed by atoms with Gasteiger partial charge in [0.15, 0.2) is 17.2 Å². The third-order valence-electron chi connectivity index (χ3n) is 4.16. The van der Waals surface area contributed by atoms with Crippen molar-refractivity contribution < 1.29 is 23.7 Å². The second-order valence-electron chi connectivity index (χ2n) is 6.35. The highest BCUT2D eigenvalue weighted by molar-refractivity contribution is 7.13. The van der Waals surface area contributed by atoms with Crippen molar-refractivity contribution in [2.75, 3.05) is 12.8 Å². The number of carbonyl (C=O) groups is 2. The third kappa shape index (κ3) is 4.54. The normalized spacial score (nSPS) is 11.0. The maximum atomic E-state index is 12.8. The molecule has 168 valence electrons. The molecule has 3 heterocycles. The predicted molar refractivity (Wildman–Crippen MR) is 116 cm³/mol. The Bertz CT molecular complexity index is 1330. The van der Waals surface area contributed by atoms with E-state index in [1.54, 1.807) is 24.3 Å². The van der Waals surface area contributed by atoms with Crippen molar-refractivity contribution in [3.8, 4) is 27.9 Å². The van der Waals surface area contributed by atoms with Gasteiger partial charge in [-0.15, -0.1) is 16.4 Å². The van der Waals surface area contributed by atoms with Crippen molar-refractivity contribution in [3.05, 3.63) is 47.0 Å². The first-order valence-corrected chi connectivity index (χ1v) is 10.1. The van der Waals surface area contributed by atoms with Crippen LogP contribution >= 0.6 is 11.3 Å². The van der Waals surface area contributed by atoms with Gasteiger partial charge in [-0.1, -0.05) is 11.3 Å². The molecule has 0 spiro atoms. The molecule has 4 rings (SSSR count). The van der Waals surface area contributed by atoms with E-state index in [1.807, 2.05) is 11.4 Å². The molecule has 1 aromatic carbocycles. The van der Waals surface area contributed by atoms with Gasteiger partial charge >= 0.3 is 5.97 Å². The molecule has 0 aliphatic heterocycles. The Kier molecular flexibility index (Phi) is 6.08. The summed E-state index contributed by atoms with van der Waals surface area (Å²) in [5.41, 5.74) is 9.12. The van der Waals surface area contributed by atoms with E-state index in [0.717, 1.165) is 0 Å². The van der Waals surface area contributed by atoms with Crippen molar-refractivity contribution in [2.45, 2.75) is 6.92 Å². The minimum atomic E-state index is -0.612. The van der Waals surface area contributed by atoms with E-state index in [0.29, 0.717) is 21.9 Å². The Morgan fingerprint density at radius 3 is 2.79 bits per heavy atom. The van der Waals surface area contributed by atoms with Crippen LogP contribution in [0.15, 0.2) is 45.4 Å². The minimum Gasteiger partial charge on any atom is -0.493 e. The molecule has 1 amide bonds. The zero-order valence-corrected chi connectivity index (χ0v) is 18.1. The van der Waals surface area contributed by atoms with Crippen molar-refractivity contribution in [1.82, 2.24) is 30.7 Å². The zero-order chi connectivity index (χ0) is 23.4. The first kappa shape index (κ1) is 21.6. The number of nitrogen functional groups attached to an aromatic ring is 1. The van der Waals surface area contributed by atoms with E-state index in [1.165, 1.54) is 36.3 Å². The van der Waals surface area contributed by atoms with Gasteiger partial charge in [0.25, 0.3) is 5.91 Å². The number of nitrogens with one attached hydrogen (secondary N) is 1. The fraction of sp³-hybridized carbons (Fsp3) is 0.105. The Hall–Kier alpha value is -4.59. The monoisotopic (exact) mass is 468 g/mol. The molecule has 0 saturated heterocycles. The summed E-state index contributed by atoms with van der Waals surface area (Å²) in [5, 5.41) is 21.0. The number of thiophene rings is 1. The van der Waals surface area contributed by atoms with Crippen LogP contribution in [0.4, 0.5) is 5.82 Å². The molecule has 0 radical (unpaired) electrons. The fourth-order valence-electron chi connectivity index (χ4n) is 2.78. The largest absolute Gasteiger partial charge is 0.493 e. The molecule has 13 nitrogen and oxygen atoms in total. The van der Waals surface area contributed by atoms with Crippen LogP contribution in [0.25, 0.3) is 16.4 Å². The molecular weight excluding hydrogens is 452 g/mol. The molecule has 0 unspecified atom stereocenters. The van der Waals surface area contributed by atoms with Gasteiger partial charge in [0.05, 0.1) is 18.2 Å². The van der Waals surface area contributed by atoms with Gasteiger partial charge in [0.2, 0.25) is 11.6 Å². The van der Waals surface area contributed by atoms with Crippen LogP contribution in [-0.4, -0.2) is 50.5 Å². The molecule has 3 aromatic heterocycles. The molecule has 0 saturated carbocycles. The van der Waals surface area contributed by atoms with Gasteiger partial charge in [0.1, 0.15) is 5.69 Å². The highest BCUT2D eigenvalue weighted by Gasteiger charge is 2.25. The van der Waals surface area contributed by atoms with Crippen molar-refractivity contribution in [2.24, 2.45) is 5.10 Å². The van der Waals surface area contributed by atoms with Crippen molar-refractivity contribution >= 4 is 35.2 Å². The summed E-state index contributed by atoms with van der Waals surface area (Å²) < 4.78 is 16.2. The first-order chi connectivity index (χ1) is 16.0. The van der Waals surface area contributed by atoms with Crippen LogP contribution in [-0.2, 0) is 4.79 Å². The number of methoxy groups -OCH3 is 1. The summed E-state index contributed by atoms with van der Waals surface area (Å²) in [6, 6.07) is 8.40. The number of ether oxygens (including phenoxy) is 2. The molecule has 0 fully saturated rings. The quantitative estimate of drug-likeness (QED) is 0.176. The van der Waals surface area contributed by atoms with E-state index in [2.05, 4.69) is 35.8 Å². The molecule has 33 heavy (non-hydrogen) atoms. The van der Waals surface area contributed by atoms with Gasteiger partial charge in [-0.25, -0.2) is 10.1 Å². The predicted octanol–water partition coefficient (Wildman–Crippen LogP) is 1.66. The lowest BCUT2D eigenvalue weighted by Crippen LogP contribution is -2.19. The number of hydrazone groups is 1. The minimum absolute atomic E-state index is 0.000198. The van der Waals surface area contributed by atoms with Crippen LogP contribution in [0, 0.1) is 0 Å². The molecule has 4 aromatic rings. The maximum Gasteiger partial charge on any atom is 0.308 e. The van der Waals surface area contributed by atoms with E-state index in [-0.39, 0.29) is 23.1 Å².